The van der Waals surface area contributed by atoms with E-state index >= 15 is 0 Å². The number of benzene rings is 2. The van der Waals surface area contributed by atoms with Crippen LogP contribution in [0.5, 0.6) is 0 Å². The maximum Gasteiger partial charge on any atom is 0.326 e. The summed E-state index contributed by atoms with van der Waals surface area (Å²) in [6.45, 7) is 3.94. The summed E-state index contributed by atoms with van der Waals surface area (Å²) in [5, 5.41) is 14.5. The third kappa shape index (κ3) is 4.85. The Balaban J connectivity index is 2.00. The molecular weight excluding hydrogens is 292 g/mol. The Hall–Kier alpha value is -2.82. The number of hydrogen-bond acceptors (Lipinski definition) is 2. The number of urea groups is 1. The van der Waals surface area contributed by atoms with E-state index in [-0.39, 0.29) is 6.42 Å². The van der Waals surface area contributed by atoms with Crippen molar-refractivity contribution in [2.75, 3.05) is 5.32 Å². The zero-order chi connectivity index (χ0) is 16.8. The van der Waals surface area contributed by atoms with Gasteiger partial charge < -0.3 is 15.7 Å². The van der Waals surface area contributed by atoms with Gasteiger partial charge in [0.15, 0.2) is 0 Å². The summed E-state index contributed by atoms with van der Waals surface area (Å²) in [5.74, 6) is -1.07. The van der Waals surface area contributed by atoms with Crippen molar-refractivity contribution >= 4 is 17.7 Å². The van der Waals surface area contributed by atoms with Crippen LogP contribution in [-0.4, -0.2) is 23.1 Å². The van der Waals surface area contributed by atoms with E-state index in [0.717, 1.165) is 16.7 Å². The monoisotopic (exact) mass is 312 g/mol. The van der Waals surface area contributed by atoms with E-state index in [1.165, 1.54) is 0 Å². The van der Waals surface area contributed by atoms with Crippen molar-refractivity contribution in [3.63, 3.8) is 0 Å². The van der Waals surface area contributed by atoms with Gasteiger partial charge in [0.1, 0.15) is 6.04 Å². The fourth-order valence-corrected chi connectivity index (χ4v) is 2.19. The standard InChI is InChI=1S/C18H20N2O3/c1-12-8-9-15(10-13(12)2)19-18(23)20-16(17(21)22)11-14-6-4-3-5-7-14/h3-10,16H,11H2,1-2H3,(H,21,22)(H2,19,20,23)/t16-/m0/s1. The molecule has 120 valence electrons. The Kier molecular flexibility index (Phi) is 5.36. The zero-order valence-corrected chi connectivity index (χ0v) is 13.2. The lowest BCUT2D eigenvalue weighted by molar-refractivity contribution is -0.139. The van der Waals surface area contributed by atoms with Gasteiger partial charge in [0.2, 0.25) is 0 Å². The molecule has 0 aliphatic carbocycles. The number of rotatable bonds is 5. The number of hydrogen-bond donors (Lipinski definition) is 3. The molecule has 2 aromatic rings. The molecule has 0 aliphatic heterocycles. The van der Waals surface area contributed by atoms with Crippen LogP contribution in [0, 0.1) is 13.8 Å². The molecule has 0 saturated carbocycles. The number of carboxylic acids is 1. The minimum Gasteiger partial charge on any atom is -0.480 e. The minimum atomic E-state index is -1.07. The molecule has 2 amide bonds. The molecule has 0 fully saturated rings. The van der Waals surface area contributed by atoms with E-state index in [1.807, 2.05) is 56.3 Å². The number of nitrogens with one attached hydrogen (secondary N) is 2. The van der Waals surface area contributed by atoms with Crippen LogP contribution in [0.25, 0.3) is 0 Å². The number of carbonyl (C=O) groups is 2. The van der Waals surface area contributed by atoms with Gasteiger partial charge in [-0.05, 0) is 42.7 Å². The number of anilines is 1. The second-order valence-electron chi connectivity index (χ2n) is 5.48. The fourth-order valence-electron chi connectivity index (χ4n) is 2.19. The fraction of sp³-hybridized carbons (Fsp3) is 0.222. The molecule has 5 nitrogen and oxygen atoms in total. The summed E-state index contributed by atoms with van der Waals surface area (Å²) in [6, 6.07) is 13.2. The third-order valence-corrected chi connectivity index (χ3v) is 3.65. The van der Waals surface area contributed by atoms with E-state index in [9.17, 15) is 14.7 Å². The average Bonchev–Trinajstić information content (AvgIpc) is 2.51. The maximum atomic E-state index is 12.0. The zero-order valence-electron chi connectivity index (χ0n) is 13.2. The molecule has 0 spiro atoms. The highest BCUT2D eigenvalue weighted by Crippen LogP contribution is 2.14. The summed E-state index contributed by atoms with van der Waals surface area (Å²) in [5.41, 5.74) is 3.67. The van der Waals surface area contributed by atoms with Crippen LogP contribution in [0.4, 0.5) is 10.5 Å². The van der Waals surface area contributed by atoms with E-state index in [0.29, 0.717) is 5.69 Å². The number of amides is 2. The van der Waals surface area contributed by atoms with Gasteiger partial charge in [-0.25, -0.2) is 9.59 Å². The lowest BCUT2D eigenvalue weighted by atomic mass is 10.1. The molecule has 2 aromatic carbocycles. The normalized spacial score (nSPS) is 11.6. The summed E-state index contributed by atoms with van der Waals surface area (Å²) < 4.78 is 0. The quantitative estimate of drug-likeness (QED) is 0.793. The van der Waals surface area contributed by atoms with Crippen LogP contribution in [0.1, 0.15) is 16.7 Å². The highest BCUT2D eigenvalue weighted by molar-refractivity contribution is 5.92. The van der Waals surface area contributed by atoms with Gasteiger partial charge in [0.05, 0.1) is 0 Å². The molecular formula is C18H20N2O3. The molecule has 0 unspecified atom stereocenters. The molecule has 0 aromatic heterocycles. The van der Waals surface area contributed by atoms with Crippen molar-refractivity contribution in [1.82, 2.24) is 5.32 Å². The first kappa shape index (κ1) is 16.5. The summed E-state index contributed by atoms with van der Waals surface area (Å²) >= 11 is 0. The SMILES string of the molecule is Cc1ccc(NC(=O)N[C@@H](Cc2ccccc2)C(=O)O)cc1C. The van der Waals surface area contributed by atoms with Gasteiger partial charge in [-0.1, -0.05) is 36.4 Å². The van der Waals surface area contributed by atoms with Crippen molar-refractivity contribution in [1.29, 1.82) is 0 Å². The smallest absolute Gasteiger partial charge is 0.326 e. The highest BCUT2D eigenvalue weighted by Gasteiger charge is 2.20. The Morgan fingerprint density at radius 1 is 1.04 bits per heavy atom. The van der Waals surface area contributed by atoms with E-state index in [4.69, 9.17) is 0 Å². The Bertz CT molecular complexity index is 699. The first-order chi connectivity index (χ1) is 11.0. The molecule has 1 atom stereocenters. The second kappa shape index (κ2) is 7.45. The molecule has 23 heavy (non-hydrogen) atoms. The van der Waals surface area contributed by atoms with Gasteiger partial charge in [0, 0.05) is 12.1 Å². The van der Waals surface area contributed by atoms with Crippen molar-refractivity contribution in [2.45, 2.75) is 26.3 Å². The third-order valence-electron chi connectivity index (χ3n) is 3.65. The van der Waals surface area contributed by atoms with E-state index in [1.54, 1.807) is 6.07 Å². The second-order valence-corrected chi connectivity index (χ2v) is 5.48. The summed E-state index contributed by atoms with van der Waals surface area (Å²) in [6.07, 6.45) is 0.233. The van der Waals surface area contributed by atoms with E-state index < -0.39 is 18.0 Å². The van der Waals surface area contributed by atoms with Gasteiger partial charge in [-0.2, -0.15) is 0 Å². The first-order valence-electron chi connectivity index (χ1n) is 7.37. The predicted octanol–water partition coefficient (Wildman–Crippen LogP) is 3.12. The number of aliphatic carboxylic acids is 1. The number of aryl methyl sites for hydroxylation is 2. The van der Waals surface area contributed by atoms with E-state index in [2.05, 4.69) is 10.6 Å². The lowest BCUT2D eigenvalue weighted by Crippen LogP contribution is -2.44. The van der Waals surface area contributed by atoms with Crippen LogP contribution in [-0.2, 0) is 11.2 Å². The number of carboxylic acid groups (broad SMARTS) is 1. The average molecular weight is 312 g/mol. The largest absolute Gasteiger partial charge is 0.480 e. The molecule has 3 N–H and O–H groups in total. The topological polar surface area (TPSA) is 78.4 Å². The Morgan fingerprint density at radius 2 is 1.74 bits per heavy atom. The molecule has 0 heterocycles. The molecule has 2 rings (SSSR count). The van der Waals surface area contributed by atoms with Crippen molar-refractivity contribution in [3.05, 3.63) is 65.2 Å². The molecule has 0 saturated heterocycles. The highest BCUT2D eigenvalue weighted by atomic mass is 16.4. The minimum absolute atomic E-state index is 0.233. The number of carbonyl (C=O) groups excluding carboxylic acids is 1. The Labute approximate surface area is 135 Å². The summed E-state index contributed by atoms with van der Waals surface area (Å²) in [7, 11) is 0. The van der Waals surface area contributed by atoms with Crippen LogP contribution in [0.3, 0.4) is 0 Å². The van der Waals surface area contributed by atoms with Crippen LogP contribution in [0.15, 0.2) is 48.5 Å². The Morgan fingerprint density at radius 3 is 2.35 bits per heavy atom. The molecule has 0 radical (unpaired) electrons. The van der Waals surface area contributed by atoms with Crippen LogP contribution in [0.2, 0.25) is 0 Å². The van der Waals surface area contributed by atoms with Gasteiger partial charge >= 0.3 is 12.0 Å². The van der Waals surface area contributed by atoms with Crippen molar-refractivity contribution in [3.8, 4) is 0 Å². The molecule has 5 heteroatoms. The molecule has 0 bridgehead atoms. The van der Waals surface area contributed by atoms with Gasteiger partial charge in [0.25, 0.3) is 0 Å². The van der Waals surface area contributed by atoms with Crippen molar-refractivity contribution in [2.24, 2.45) is 0 Å². The molecule has 0 aliphatic rings. The van der Waals surface area contributed by atoms with Crippen LogP contribution < -0.4 is 10.6 Å². The van der Waals surface area contributed by atoms with Crippen molar-refractivity contribution < 1.29 is 14.7 Å². The van der Waals surface area contributed by atoms with Crippen LogP contribution >= 0.6 is 0 Å². The van der Waals surface area contributed by atoms with Gasteiger partial charge in [-0.3, -0.25) is 0 Å². The lowest BCUT2D eigenvalue weighted by Gasteiger charge is -2.15. The summed E-state index contributed by atoms with van der Waals surface area (Å²) in [4.78, 5) is 23.4. The first-order valence-corrected chi connectivity index (χ1v) is 7.37. The maximum absolute atomic E-state index is 12.0. The van der Waals surface area contributed by atoms with Gasteiger partial charge in [-0.15, -0.1) is 0 Å². The predicted molar refractivity (Wildman–Crippen MR) is 89.6 cm³/mol.